The summed E-state index contributed by atoms with van der Waals surface area (Å²) in [7, 11) is 0. The highest BCUT2D eigenvalue weighted by molar-refractivity contribution is 7.09. The zero-order chi connectivity index (χ0) is 13.9. The first-order valence-corrected chi connectivity index (χ1v) is 8.59. The molecule has 2 N–H and O–H groups in total. The Morgan fingerprint density at radius 1 is 1.48 bits per heavy atom. The van der Waals surface area contributed by atoms with Gasteiger partial charge in [-0.1, -0.05) is 0 Å². The first kappa shape index (κ1) is 16.4. The van der Waals surface area contributed by atoms with Crippen LogP contribution >= 0.6 is 35.1 Å². The lowest BCUT2D eigenvalue weighted by Crippen LogP contribution is -2.30. The van der Waals surface area contributed by atoms with Crippen LogP contribution < -0.4 is 5.73 Å². The van der Waals surface area contributed by atoms with E-state index < -0.39 is 0 Å². The van der Waals surface area contributed by atoms with E-state index in [1.54, 1.807) is 11.3 Å². The van der Waals surface area contributed by atoms with Gasteiger partial charge in [-0.15, -0.1) is 23.7 Å². The summed E-state index contributed by atoms with van der Waals surface area (Å²) < 4.78 is 0. The summed E-state index contributed by atoms with van der Waals surface area (Å²) in [5.74, 6) is 0.0539. The van der Waals surface area contributed by atoms with Crippen molar-refractivity contribution in [2.75, 3.05) is 13.1 Å². The first-order chi connectivity index (χ1) is 9.79. The van der Waals surface area contributed by atoms with Crippen LogP contribution in [0.15, 0.2) is 22.2 Å². The van der Waals surface area contributed by atoms with Crippen LogP contribution in [0.5, 0.6) is 0 Å². The van der Waals surface area contributed by atoms with E-state index in [9.17, 15) is 4.79 Å². The second kappa shape index (κ2) is 7.35. The second-order valence-electron chi connectivity index (χ2n) is 4.88. The predicted octanol–water partition coefficient (Wildman–Crippen LogP) is 3.10. The molecule has 1 saturated heterocycles. The van der Waals surface area contributed by atoms with Crippen molar-refractivity contribution in [2.45, 2.75) is 25.3 Å². The highest BCUT2D eigenvalue weighted by Gasteiger charge is 2.31. The van der Waals surface area contributed by atoms with Gasteiger partial charge in [0.2, 0.25) is 0 Å². The molecular weight excluding hydrogens is 326 g/mol. The van der Waals surface area contributed by atoms with Gasteiger partial charge >= 0.3 is 0 Å². The Kier molecular flexibility index (Phi) is 5.75. The molecule has 0 bridgehead atoms. The van der Waals surface area contributed by atoms with Crippen LogP contribution in [0.1, 0.15) is 39.9 Å². The molecule has 0 radical (unpaired) electrons. The molecule has 0 aliphatic carbocycles. The number of nitrogens with two attached hydrogens (primary N) is 1. The van der Waals surface area contributed by atoms with E-state index in [1.165, 1.54) is 16.9 Å². The third kappa shape index (κ3) is 3.45. The van der Waals surface area contributed by atoms with Gasteiger partial charge in [0.15, 0.2) is 0 Å². The molecular formula is C14H18ClN3OS2. The predicted molar refractivity (Wildman–Crippen MR) is 89.5 cm³/mol. The molecule has 0 aromatic carbocycles. The minimum absolute atomic E-state index is 0. The van der Waals surface area contributed by atoms with Crippen LogP contribution in [-0.4, -0.2) is 28.9 Å². The van der Waals surface area contributed by atoms with Gasteiger partial charge in [-0.3, -0.25) is 4.79 Å². The fourth-order valence-corrected chi connectivity index (χ4v) is 4.11. The van der Waals surface area contributed by atoms with Gasteiger partial charge in [-0.2, -0.15) is 11.3 Å². The summed E-state index contributed by atoms with van der Waals surface area (Å²) in [5.41, 5.74) is 7.35. The van der Waals surface area contributed by atoms with Gasteiger partial charge in [0.1, 0.15) is 5.69 Å². The summed E-state index contributed by atoms with van der Waals surface area (Å²) in [5, 5.41) is 7.01. The number of likely N-dealkylation sites (tertiary alicyclic amines) is 1. The van der Waals surface area contributed by atoms with Gasteiger partial charge in [0, 0.05) is 18.3 Å². The third-order valence-corrected chi connectivity index (χ3v) is 5.18. The number of rotatable bonds is 4. The zero-order valence-corrected chi connectivity index (χ0v) is 14.0. The lowest BCUT2D eigenvalue weighted by molar-refractivity contribution is 0.0730. The van der Waals surface area contributed by atoms with E-state index in [0.717, 1.165) is 30.8 Å². The minimum atomic E-state index is 0. The van der Waals surface area contributed by atoms with E-state index in [4.69, 9.17) is 5.73 Å². The Morgan fingerprint density at radius 3 is 3.05 bits per heavy atom. The summed E-state index contributed by atoms with van der Waals surface area (Å²) in [6, 6.07) is 2.33. The standard InChI is InChI=1S/C14H17N3OS2.ClH/c15-5-3-13-16-11(9-20-13)14(18)17-6-1-2-12(17)10-4-7-19-8-10;/h4,7-9,12H,1-3,5-6,15H2;1H. The molecule has 21 heavy (non-hydrogen) atoms. The zero-order valence-electron chi connectivity index (χ0n) is 11.5. The van der Waals surface area contributed by atoms with E-state index in [-0.39, 0.29) is 24.4 Å². The average molecular weight is 344 g/mol. The molecule has 1 aliphatic rings. The molecule has 4 nitrogen and oxygen atoms in total. The summed E-state index contributed by atoms with van der Waals surface area (Å²) in [6.45, 7) is 1.39. The molecule has 7 heteroatoms. The Hall–Kier alpha value is -0.950. The fourth-order valence-electron chi connectivity index (χ4n) is 2.62. The number of thiophene rings is 1. The van der Waals surface area contributed by atoms with Crippen LogP contribution in [0.2, 0.25) is 0 Å². The minimum Gasteiger partial charge on any atom is -0.330 e. The largest absolute Gasteiger partial charge is 0.330 e. The van der Waals surface area contributed by atoms with E-state index in [1.807, 2.05) is 10.3 Å². The smallest absolute Gasteiger partial charge is 0.273 e. The highest BCUT2D eigenvalue weighted by Crippen LogP contribution is 2.34. The Labute approximate surface area is 138 Å². The Bertz CT molecular complexity index is 585. The lowest BCUT2D eigenvalue weighted by atomic mass is 10.1. The van der Waals surface area contributed by atoms with Crippen LogP contribution in [-0.2, 0) is 6.42 Å². The molecule has 114 valence electrons. The molecule has 1 unspecified atom stereocenters. The molecule has 2 aromatic rings. The van der Waals surface area contributed by atoms with Crippen molar-refractivity contribution >= 4 is 41.0 Å². The number of halogens is 1. The molecule has 3 rings (SSSR count). The van der Waals surface area contributed by atoms with E-state index in [0.29, 0.717) is 12.2 Å². The van der Waals surface area contributed by atoms with Crippen molar-refractivity contribution in [3.8, 4) is 0 Å². The summed E-state index contributed by atoms with van der Waals surface area (Å²) in [4.78, 5) is 19.0. The van der Waals surface area contributed by atoms with Gasteiger partial charge in [-0.05, 0) is 41.8 Å². The summed E-state index contributed by atoms with van der Waals surface area (Å²) >= 11 is 3.20. The van der Waals surface area contributed by atoms with Crippen LogP contribution in [0.4, 0.5) is 0 Å². The lowest BCUT2D eigenvalue weighted by Gasteiger charge is -2.23. The molecule has 0 spiro atoms. The third-order valence-electron chi connectivity index (χ3n) is 3.57. The highest BCUT2D eigenvalue weighted by atomic mass is 35.5. The second-order valence-corrected chi connectivity index (χ2v) is 6.60. The number of nitrogens with zero attached hydrogens (tertiary/aromatic N) is 2. The quantitative estimate of drug-likeness (QED) is 0.927. The van der Waals surface area contributed by atoms with Gasteiger partial charge in [-0.25, -0.2) is 4.98 Å². The van der Waals surface area contributed by atoms with Crippen molar-refractivity contribution in [3.05, 3.63) is 38.5 Å². The monoisotopic (exact) mass is 343 g/mol. The molecule has 0 saturated carbocycles. The van der Waals surface area contributed by atoms with Gasteiger partial charge in [0.25, 0.3) is 5.91 Å². The normalized spacial score (nSPS) is 17.8. The van der Waals surface area contributed by atoms with Crippen LogP contribution in [0.3, 0.4) is 0 Å². The Morgan fingerprint density at radius 2 is 2.33 bits per heavy atom. The molecule has 1 atom stereocenters. The topological polar surface area (TPSA) is 59.2 Å². The number of aromatic nitrogens is 1. The number of carbonyl (C=O) groups is 1. The average Bonchev–Trinajstić information content (AvgIpc) is 3.19. The number of thiazole rings is 1. The van der Waals surface area contributed by atoms with Crippen LogP contribution in [0, 0.1) is 0 Å². The van der Waals surface area contributed by atoms with Crippen molar-refractivity contribution in [1.29, 1.82) is 0 Å². The van der Waals surface area contributed by atoms with Crippen molar-refractivity contribution in [1.82, 2.24) is 9.88 Å². The number of hydrogen-bond donors (Lipinski definition) is 1. The fraction of sp³-hybridized carbons (Fsp3) is 0.429. The van der Waals surface area contributed by atoms with E-state index in [2.05, 4.69) is 21.8 Å². The van der Waals surface area contributed by atoms with Gasteiger partial charge < -0.3 is 10.6 Å². The number of amides is 1. The number of hydrogen-bond acceptors (Lipinski definition) is 5. The molecule has 3 heterocycles. The Balaban J connectivity index is 0.00000161. The van der Waals surface area contributed by atoms with Crippen molar-refractivity contribution < 1.29 is 4.79 Å². The SMILES string of the molecule is Cl.NCCc1nc(C(=O)N2CCCC2c2ccsc2)cs1. The summed E-state index contributed by atoms with van der Waals surface area (Å²) in [6.07, 6.45) is 2.85. The first-order valence-electron chi connectivity index (χ1n) is 6.77. The maximum absolute atomic E-state index is 12.6. The van der Waals surface area contributed by atoms with Gasteiger partial charge in [0.05, 0.1) is 11.0 Å². The van der Waals surface area contributed by atoms with E-state index >= 15 is 0 Å². The number of carbonyl (C=O) groups excluding carboxylic acids is 1. The van der Waals surface area contributed by atoms with Crippen molar-refractivity contribution in [3.63, 3.8) is 0 Å². The molecule has 2 aromatic heterocycles. The molecule has 1 aliphatic heterocycles. The maximum atomic E-state index is 12.6. The van der Waals surface area contributed by atoms with Crippen molar-refractivity contribution in [2.24, 2.45) is 5.73 Å². The molecule has 1 amide bonds. The maximum Gasteiger partial charge on any atom is 0.273 e. The molecule has 1 fully saturated rings. The van der Waals surface area contributed by atoms with Crippen LogP contribution in [0.25, 0.3) is 0 Å².